The van der Waals surface area contributed by atoms with Crippen molar-refractivity contribution in [2.75, 3.05) is 19.6 Å². The number of rotatable bonds is 4. The summed E-state index contributed by atoms with van der Waals surface area (Å²) in [5, 5.41) is 15.5. The van der Waals surface area contributed by atoms with E-state index in [2.05, 4.69) is 10.6 Å². The lowest BCUT2D eigenvalue weighted by Gasteiger charge is -2.15. The minimum atomic E-state index is -4.55. The Bertz CT molecular complexity index is 470. The van der Waals surface area contributed by atoms with Crippen molar-refractivity contribution in [3.63, 3.8) is 0 Å². The summed E-state index contributed by atoms with van der Waals surface area (Å²) in [6, 6.07) is 2.49. The van der Waals surface area contributed by atoms with Gasteiger partial charge >= 0.3 is 6.18 Å². The molecular weight excluding hydrogens is 312 g/mol. The van der Waals surface area contributed by atoms with Gasteiger partial charge in [0.1, 0.15) is 5.82 Å². The summed E-state index contributed by atoms with van der Waals surface area (Å²) in [5.41, 5.74) is -0.755. The van der Waals surface area contributed by atoms with Crippen molar-refractivity contribution in [2.24, 2.45) is 5.92 Å². The highest BCUT2D eigenvalue weighted by Crippen LogP contribution is 2.30. The lowest BCUT2D eigenvalue weighted by molar-refractivity contribution is -0.137. The molecule has 1 aromatic carbocycles. The van der Waals surface area contributed by atoms with Crippen molar-refractivity contribution < 1.29 is 22.7 Å². The predicted octanol–water partition coefficient (Wildman–Crippen LogP) is 1.94. The zero-order valence-electron chi connectivity index (χ0n) is 11.1. The Morgan fingerprint density at radius 2 is 1.95 bits per heavy atom. The molecule has 3 N–H and O–H groups in total. The minimum absolute atomic E-state index is 0. The molecule has 1 fully saturated rings. The molecule has 0 spiro atoms. The van der Waals surface area contributed by atoms with Gasteiger partial charge in [0.2, 0.25) is 0 Å². The Labute approximate surface area is 126 Å². The van der Waals surface area contributed by atoms with Crippen LogP contribution >= 0.6 is 12.4 Å². The van der Waals surface area contributed by atoms with Crippen LogP contribution in [0.2, 0.25) is 0 Å². The van der Waals surface area contributed by atoms with Crippen molar-refractivity contribution in [1.29, 1.82) is 0 Å². The molecule has 2 rings (SSSR count). The third-order valence-electron chi connectivity index (χ3n) is 3.32. The molecule has 2 atom stereocenters. The third-order valence-corrected chi connectivity index (χ3v) is 3.32. The molecule has 120 valence electrons. The van der Waals surface area contributed by atoms with E-state index >= 15 is 0 Å². The van der Waals surface area contributed by atoms with Gasteiger partial charge in [-0.05, 0) is 23.8 Å². The van der Waals surface area contributed by atoms with Gasteiger partial charge in [-0.25, -0.2) is 4.39 Å². The number of nitrogens with one attached hydrogen (secondary N) is 2. The Balaban J connectivity index is 0.00000220. The lowest BCUT2D eigenvalue weighted by Crippen LogP contribution is -2.30. The number of benzene rings is 1. The highest BCUT2D eigenvalue weighted by molar-refractivity contribution is 5.85. The van der Waals surface area contributed by atoms with E-state index in [1.54, 1.807) is 0 Å². The third kappa shape index (κ3) is 5.10. The molecule has 1 aliphatic rings. The van der Waals surface area contributed by atoms with Gasteiger partial charge in [-0.2, -0.15) is 13.2 Å². The summed E-state index contributed by atoms with van der Waals surface area (Å²) in [4.78, 5) is 0. The molecule has 1 aromatic rings. The molecule has 0 aromatic heterocycles. The smallest absolute Gasteiger partial charge is 0.391 e. The Morgan fingerprint density at radius 3 is 2.52 bits per heavy atom. The Kier molecular flexibility index (Phi) is 6.40. The quantitative estimate of drug-likeness (QED) is 0.740. The fourth-order valence-corrected chi connectivity index (χ4v) is 2.25. The first-order valence-electron chi connectivity index (χ1n) is 6.32. The maximum absolute atomic E-state index is 13.2. The molecule has 1 aliphatic heterocycles. The topological polar surface area (TPSA) is 44.3 Å². The van der Waals surface area contributed by atoms with Crippen LogP contribution in [0.25, 0.3) is 0 Å². The number of β-amino-alcohol motifs (C(OH)–C–C–N with tert-alkyl or cyclic N) is 1. The first-order chi connectivity index (χ1) is 9.36. The van der Waals surface area contributed by atoms with Crippen molar-refractivity contribution in [3.8, 4) is 0 Å². The molecule has 0 amide bonds. The van der Waals surface area contributed by atoms with Crippen LogP contribution in [-0.4, -0.2) is 30.8 Å². The number of hydrogen-bond acceptors (Lipinski definition) is 3. The zero-order valence-corrected chi connectivity index (χ0v) is 11.9. The van der Waals surface area contributed by atoms with E-state index in [1.165, 1.54) is 0 Å². The van der Waals surface area contributed by atoms with Gasteiger partial charge in [0.25, 0.3) is 0 Å². The van der Waals surface area contributed by atoms with Gasteiger partial charge in [-0.1, -0.05) is 0 Å². The van der Waals surface area contributed by atoms with E-state index < -0.39 is 23.7 Å². The van der Waals surface area contributed by atoms with Crippen molar-refractivity contribution >= 4 is 12.4 Å². The first-order valence-corrected chi connectivity index (χ1v) is 6.32. The van der Waals surface area contributed by atoms with E-state index in [4.69, 9.17) is 0 Å². The molecule has 8 heteroatoms. The number of halogens is 5. The fourth-order valence-electron chi connectivity index (χ4n) is 2.25. The van der Waals surface area contributed by atoms with E-state index in [1.807, 2.05) is 0 Å². The van der Waals surface area contributed by atoms with Crippen molar-refractivity contribution in [2.45, 2.75) is 18.8 Å². The number of aliphatic hydroxyl groups excluding tert-OH is 1. The normalized spacial score (nSPS) is 22.1. The molecule has 1 heterocycles. The predicted molar refractivity (Wildman–Crippen MR) is 72.7 cm³/mol. The van der Waals surface area contributed by atoms with Crippen LogP contribution < -0.4 is 10.6 Å². The maximum atomic E-state index is 13.2. The summed E-state index contributed by atoms with van der Waals surface area (Å²) in [6.45, 7) is 1.77. The average molecular weight is 329 g/mol. The van der Waals surface area contributed by atoms with Gasteiger partial charge in [-0.3, -0.25) is 0 Å². The Morgan fingerprint density at radius 1 is 1.24 bits per heavy atom. The van der Waals surface area contributed by atoms with Gasteiger partial charge in [0, 0.05) is 32.1 Å². The van der Waals surface area contributed by atoms with E-state index in [-0.39, 0.29) is 30.4 Å². The molecule has 0 bridgehead atoms. The second kappa shape index (κ2) is 7.40. The molecule has 0 aliphatic carbocycles. The summed E-state index contributed by atoms with van der Waals surface area (Å²) in [6.07, 6.45) is -5.01. The van der Waals surface area contributed by atoms with Crippen LogP contribution in [0.15, 0.2) is 18.2 Å². The standard InChI is InChI=1S/C13H16F4N2O.ClH/c14-11-2-8(1-10(3-11)13(15,16)17)4-18-5-9-6-19-7-12(9)20;/h1-3,9,12,18-20H,4-7H2;1H. The van der Waals surface area contributed by atoms with Crippen LogP contribution in [0.3, 0.4) is 0 Å². The Hall–Kier alpha value is -0.890. The highest BCUT2D eigenvalue weighted by Gasteiger charge is 2.31. The molecule has 3 nitrogen and oxygen atoms in total. The van der Waals surface area contributed by atoms with Crippen LogP contribution in [0.1, 0.15) is 11.1 Å². The first kappa shape index (κ1) is 18.2. The molecule has 0 radical (unpaired) electrons. The van der Waals surface area contributed by atoms with Crippen LogP contribution in [0, 0.1) is 11.7 Å². The van der Waals surface area contributed by atoms with Crippen molar-refractivity contribution in [3.05, 3.63) is 35.1 Å². The molecule has 1 saturated heterocycles. The molecule has 2 unspecified atom stereocenters. The SMILES string of the molecule is Cl.OC1CNCC1CNCc1cc(F)cc(C(F)(F)F)c1. The van der Waals surface area contributed by atoms with Gasteiger partial charge < -0.3 is 15.7 Å². The summed E-state index contributed by atoms with van der Waals surface area (Å²) >= 11 is 0. The molecule has 0 saturated carbocycles. The van der Waals surface area contributed by atoms with Gasteiger partial charge in [0.05, 0.1) is 11.7 Å². The summed E-state index contributed by atoms with van der Waals surface area (Å²) < 4.78 is 50.8. The molecule has 21 heavy (non-hydrogen) atoms. The number of hydrogen-bond donors (Lipinski definition) is 3. The van der Waals surface area contributed by atoms with Crippen LogP contribution in [0.4, 0.5) is 17.6 Å². The van der Waals surface area contributed by atoms with Crippen molar-refractivity contribution in [1.82, 2.24) is 10.6 Å². The average Bonchev–Trinajstić information content (AvgIpc) is 2.73. The monoisotopic (exact) mass is 328 g/mol. The number of alkyl halides is 3. The number of aliphatic hydroxyl groups is 1. The van der Waals surface area contributed by atoms with Crippen LogP contribution in [-0.2, 0) is 12.7 Å². The summed E-state index contributed by atoms with van der Waals surface area (Å²) in [5.74, 6) is -0.884. The largest absolute Gasteiger partial charge is 0.416 e. The highest BCUT2D eigenvalue weighted by atomic mass is 35.5. The summed E-state index contributed by atoms with van der Waals surface area (Å²) in [7, 11) is 0. The maximum Gasteiger partial charge on any atom is 0.416 e. The lowest BCUT2D eigenvalue weighted by atomic mass is 10.1. The van der Waals surface area contributed by atoms with Gasteiger partial charge in [-0.15, -0.1) is 12.4 Å². The van der Waals surface area contributed by atoms with E-state index in [9.17, 15) is 22.7 Å². The second-order valence-electron chi connectivity index (χ2n) is 4.96. The van der Waals surface area contributed by atoms with Crippen LogP contribution in [0.5, 0.6) is 0 Å². The van der Waals surface area contributed by atoms with E-state index in [0.717, 1.165) is 12.1 Å². The van der Waals surface area contributed by atoms with Gasteiger partial charge in [0.15, 0.2) is 0 Å². The van der Waals surface area contributed by atoms with E-state index in [0.29, 0.717) is 25.7 Å². The zero-order chi connectivity index (χ0) is 14.8. The second-order valence-corrected chi connectivity index (χ2v) is 4.96. The fraction of sp³-hybridized carbons (Fsp3) is 0.538. The molecular formula is C13H17ClF4N2O. The minimum Gasteiger partial charge on any atom is -0.391 e.